The molecule has 1 aromatic rings. The van der Waals surface area contributed by atoms with Gasteiger partial charge in [0, 0.05) is 6.20 Å². The first-order valence-electron chi connectivity index (χ1n) is 4.79. The third-order valence-corrected chi connectivity index (χ3v) is 1.92. The number of hydrogen-bond donors (Lipinski definition) is 0. The van der Waals surface area contributed by atoms with Crippen molar-refractivity contribution >= 4 is 5.97 Å². The van der Waals surface area contributed by atoms with Gasteiger partial charge in [-0.25, -0.2) is 4.79 Å². The highest BCUT2D eigenvalue weighted by Crippen LogP contribution is 2.23. The van der Waals surface area contributed by atoms with Gasteiger partial charge in [-0.1, -0.05) is 13.8 Å². The van der Waals surface area contributed by atoms with E-state index < -0.39 is 5.97 Å². The fraction of sp³-hybridized carbons (Fsp3) is 0.455. The molecule has 0 spiro atoms. The lowest BCUT2D eigenvalue weighted by Gasteiger charge is -2.11. The molecule has 4 nitrogen and oxygen atoms in total. The third kappa shape index (κ3) is 3.23. The van der Waals surface area contributed by atoms with E-state index in [1.54, 1.807) is 18.3 Å². The minimum Gasteiger partial charge on any atom is -0.480 e. The number of esters is 1. The van der Waals surface area contributed by atoms with Crippen molar-refractivity contribution in [2.45, 2.75) is 19.8 Å². The summed E-state index contributed by atoms with van der Waals surface area (Å²) >= 11 is 0. The first kappa shape index (κ1) is 11.5. The van der Waals surface area contributed by atoms with Gasteiger partial charge in [0.15, 0.2) is 6.61 Å². The van der Waals surface area contributed by atoms with E-state index in [9.17, 15) is 4.79 Å². The van der Waals surface area contributed by atoms with Crippen LogP contribution in [0.3, 0.4) is 0 Å². The summed E-state index contributed by atoms with van der Waals surface area (Å²) in [6.45, 7) is 3.96. The molecule has 0 saturated carbocycles. The second-order valence-electron chi connectivity index (χ2n) is 3.41. The Morgan fingerprint density at radius 3 is 2.87 bits per heavy atom. The van der Waals surface area contributed by atoms with Gasteiger partial charge in [-0.05, 0) is 18.1 Å². The smallest absolute Gasteiger partial charge is 0.343 e. The number of nitrogens with zero attached hydrogens (tertiary/aromatic N) is 1. The molecule has 15 heavy (non-hydrogen) atoms. The van der Waals surface area contributed by atoms with Gasteiger partial charge >= 0.3 is 5.97 Å². The van der Waals surface area contributed by atoms with Crippen LogP contribution in [0.2, 0.25) is 0 Å². The van der Waals surface area contributed by atoms with E-state index >= 15 is 0 Å². The molecule has 0 saturated heterocycles. The van der Waals surface area contributed by atoms with Gasteiger partial charge in [0.25, 0.3) is 0 Å². The van der Waals surface area contributed by atoms with Gasteiger partial charge < -0.3 is 9.47 Å². The molecule has 0 radical (unpaired) electrons. The average Bonchev–Trinajstić information content (AvgIpc) is 2.26. The monoisotopic (exact) mass is 209 g/mol. The first-order valence-corrected chi connectivity index (χ1v) is 4.79. The Balaban J connectivity index is 2.71. The van der Waals surface area contributed by atoms with Crippen LogP contribution in [0.25, 0.3) is 0 Å². The molecule has 0 fully saturated rings. The maximum absolute atomic E-state index is 10.9. The molecule has 1 aromatic heterocycles. The van der Waals surface area contributed by atoms with Crippen molar-refractivity contribution in [3.8, 4) is 5.75 Å². The molecule has 82 valence electrons. The van der Waals surface area contributed by atoms with E-state index in [1.165, 1.54) is 7.11 Å². The summed E-state index contributed by atoms with van der Waals surface area (Å²) in [5.74, 6) is 0.505. The van der Waals surface area contributed by atoms with Crippen LogP contribution in [0.1, 0.15) is 25.5 Å². The van der Waals surface area contributed by atoms with Crippen LogP contribution in [0, 0.1) is 0 Å². The summed E-state index contributed by atoms with van der Waals surface area (Å²) in [5.41, 5.74) is 0.849. The van der Waals surface area contributed by atoms with Crippen LogP contribution in [0.5, 0.6) is 5.75 Å². The summed E-state index contributed by atoms with van der Waals surface area (Å²) in [6, 6.07) is 3.57. The molecule has 0 atom stereocenters. The van der Waals surface area contributed by atoms with E-state index in [0.29, 0.717) is 5.75 Å². The van der Waals surface area contributed by atoms with E-state index in [1.807, 2.05) is 13.8 Å². The molecule has 1 rings (SSSR count). The Bertz CT molecular complexity index is 336. The minimum absolute atomic E-state index is 0.0814. The lowest BCUT2D eigenvalue weighted by atomic mass is 10.1. The maximum Gasteiger partial charge on any atom is 0.343 e. The largest absolute Gasteiger partial charge is 0.480 e. The van der Waals surface area contributed by atoms with E-state index in [0.717, 1.165) is 5.69 Å². The van der Waals surface area contributed by atoms with E-state index in [4.69, 9.17) is 4.74 Å². The topological polar surface area (TPSA) is 48.4 Å². The number of carbonyl (C=O) groups excluding carboxylic acids is 1. The molecule has 0 unspecified atom stereocenters. The molecule has 0 N–H and O–H groups in total. The number of aromatic nitrogens is 1. The SMILES string of the molecule is COC(=O)COc1cccnc1C(C)C. The van der Waals surface area contributed by atoms with Crippen molar-refractivity contribution in [3.63, 3.8) is 0 Å². The molecular weight excluding hydrogens is 194 g/mol. The first-order chi connectivity index (χ1) is 7.15. The van der Waals surface area contributed by atoms with Gasteiger partial charge in [0.05, 0.1) is 12.8 Å². The number of pyridine rings is 1. The fourth-order valence-corrected chi connectivity index (χ4v) is 1.15. The molecule has 4 heteroatoms. The summed E-state index contributed by atoms with van der Waals surface area (Å²) < 4.78 is 9.80. The van der Waals surface area contributed by atoms with Gasteiger partial charge in [-0.15, -0.1) is 0 Å². The molecular formula is C11H15NO3. The normalized spacial score (nSPS) is 10.1. The van der Waals surface area contributed by atoms with Crippen LogP contribution in [-0.2, 0) is 9.53 Å². The van der Waals surface area contributed by atoms with Gasteiger partial charge in [0.2, 0.25) is 0 Å². The molecule has 1 heterocycles. The standard InChI is InChI=1S/C11H15NO3/c1-8(2)11-9(5-4-6-12-11)15-7-10(13)14-3/h4-6,8H,7H2,1-3H3. The van der Waals surface area contributed by atoms with E-state index in [-0.39, 0.29) is 12.5 Å². The minimum atomic E-state index is -0.395. The molecule has 0 bridgehead atoms. The molecule has 0 aliphatic rings. The second-order valence-corrected chi connectivity index (χ2v) is 3.41. The van der Waals surface area contributed by atoms with Crippen LogP contribution in [-0.4, -0.2) is 24.7 Å². The number of rotatable bonds is 4. The molecule has 0 aromatic carbocycles. The zero-order valence-corrected chi connectivity index (χ0v) is 9.19. The predicted molar refractivity (Wildman–Crippen MR) is 55.8 cm³/mol. The summed E-state index contributed by atoms with van der Waals surface area (Å²) in [7, 11) is 1.33. The van der Waals surface area contributed by atoms with Gasteiger partial charge in [-0.2, -0.15) is 0 Å². The second kappa shape index (κ2) is 5.34. The van der Waals surface area contributed by atoms with Crippen LogP contribution in [0.4, 0.5) is 0 Å². The Morgan fingerprint density at radius 1 is 1.53 bits per heavy atom. The van der Waals surface area contributed by atoms with Crippen molar-refractivity contribution in [2.75, 3.05) is 13.7 Å². The van der Waals surface area contributed by atoms with Crippen LogP contribution >= 0.6 is 0 Å². The molecule has 0 aliphatic heterocycles. The Hall–Kier alpha value is -1.58. The van der Waals surface area contributed by atoms with Gasteiger partial charge in [-0.3, -0.25) is 4.98 Å². The Labute approximate surface area is 89.2 Å². The summed E-state index contributed by atoms with van der Waals surface area (Å²) in [5, 5.41) is 0. The highest BCUT2D eigenvalue weighted by Gasteiger charge is 2.10. The van der Waals surface area contributed by atoms with Crippen molar-refractivity contribution in [3.05, 3.63) is 24.0 Å². The van der Waals surface area contributed by atoms with Crippen molar-refractivity contribution in [2.24, 2.45) is 0 Å². The van der Waals surface area contributed by atoms with Crippen LogP contribution < -0.4 is 4.74 Å². The lowest BCUT2D eigenvalue weighted by molar-refractivity contribution is -0.142. The van der Waals surface area contributed by atoms with Crippen molar-refractivity contribution in [1.29, 1.82) is 0 Å². The van der Waals surface area contributed by atoms with Gasteiger partial charge in [0.1, 0.15) is 5.75 Å². The quantitative estimate of drug-likeness (QED) is 0.709. The van der Waals surface area contributed by atoms with Crippen molar-refractivity contribution in [1.82, 2.24) is 4.98 Å². The highest BCUT2D eigenvalue weighted by atomic mass is 16.6. The number of methoxy groups -OCH3 is 1. The Kier molecular flexibility index (Phi) is 4.09. The predicted octanol–water partition coefficient (Wildman–Crippen LogP) is 1.76. The lowest BCUT2D eigenvalue weighted by Crippen LogP contribution is -2.13. The average molecular weight is 209 g/mol. The zero-order chi connectivity index (χ0) is 11.3. The maximum atomic E-state index is 10.9. The molecule has 0 amide bonds. The summed E-state index contributed by atoms with van der Waals surface area (Å²) in [6.07, 6.45) is 1.71. The number of carbonyl (C=O) groups is 1. The van der Waals surface area contributed by atoms with Crippen LogP contribution in [0.15, 0.2) is 18.3 Å². The Morgan fingerprint density at radius 2 is 2.27 bits per heavy atom. The number of hydrogen-bond acceptors (Lipinski definition) is 4. The molecule has 0 aliphatic carbocycles. The third-order valence-electron chi connectivity index (χ3n) is 1.92. The highest BCUT2D eigenvalue weighted by molar-refractivity contribution is 5.70. The summed E-state index contributed by atoms with van der Waals surface area (Å²) in [4.78, 5) is 15.1. The van der Waals surface area contributed by atoms with E-state index in [2.05, 4.69) is 9.72 Å². The number of ether oxygens (including phenoxy) is 2. The fourth-order valence-electron chi connectivity index (χ4n) is 1.15. The zero-order valence-electron chi connectivity index (χ0n) is 9.19. The van der Waals surface area contributed by atoms with Crippen molar-refractivity contribution < 1.29 is 14.3 Å².